The van der Waals surface area contributed by atoms with Crippen LogP contribution in [0.2, 0.25) is 0 Å². The van der Waals surface area contributed by atoms with Gasteiger partial charge in [-0.1, -0.05) is 22.0 Å². The number of nitrogens with zero attached hydrogens (tertiary/aromatic N) is 1. The van der Waals surface area contributed by atoms with Gasteiger partial charge >= 0.3 is 0 Å². The zero-order valence-electron chi connectivity index (χ0n) is 14.8. The van der Waals surface area contributed by atoms with Crippen LogP contribution < -0.4 is 5.73 Å². The number of hydrogen-bond donors (Lipinski definition) is 2. The summed E-state index contributed by atoms with van der Waals surface area (Å²) in [4.78, 5) is 1.18. The Labute approximate surface area is 167 Å². The van der Waals surface area contributed by atoms with Crippen LogP contribution in [0.3, 0.4) is 0 Å². The van der Waals surface area contributed by atoms with E-state index in [1.165, 1.54) is 17.0 Å². The van der Waals surface area contributed by atoms with Gasteiger partial charge in [-0.2, -0.15) is 0 Å². The molecule has 0 unspecified atom stereocenters. The molecule has 0 saturated carbocycles. The summed E-state index contributed by atoms with van der Waals surface area (Å²) in [5.74, 6) is -6.13. The van der Waals surface area contributed by atoms with Crippen molar-refractivity contribution in [3.8, 4) is 0 Å². The van der Waals surface area contributed by atoms with Crippen LogP contribution in [0.15, 0.2) is 28.7 Å². The molecule has 9 heteroatoms. The molecule has 0 amide bonds. The van der Waals surface area contributed by atoms with Gasteiger partial charge in [0.2, 0.25) is 0 Å². The van der Waals surface area contributed by atoms with Crippen molar-refractivity contribution in [3.63, 3.8) is 0 Å². The van der Waals surface area contributed by atoms with Gasteiger partial charge in [0.1, 0.15) is 24.1 Å². The monoisotopic (exact) mass is 464 g/mol. The van der Waals surface area contributed by atoms with E-state index in [9.17, 15) is 22.0 Å². The number of nitrogens with two attached hydrogens (primary N) is 1. The third-order valence-corrected chi connectivity index (χ3v) is 5.42. The van der Waals surface area contributed by atoms with Gasteiger partial charge in [-0.15, -0.1) is 0 Å². The van der Waals surface area contributed by atoms with Gasteiger partial charge in [-0.3, -0.25) is 4.90 Å². The van der Waals surface area contributed by atoms with Crippen molar-refractivity contribution in [1.82, 2.24) is 4.90 Å². The van der Waals surface area contributed by atoms with Gasteiger partial charge in [0.25, 0.3) is 5.92 Å². The van der Waals surface area contributed by atoms with E-state index in [1.54, 1.807) is 6.92 Å². The summed E-state index contributed by atoms with van der Waals surface area (Å²) in [5.41, 5.74) is 5.33. The first-order valence-corrected chi connectivity index (χ1v) is 9.30. The topological polar surface area (TPSA) is 49.5 Å². The Hall–Kier alpha value is -1.71. The van der Waals surface area contributed by atoms with Crippen LogP contribution in [0.4, 0.5) is 27.6 Å². The minimum atomic E-state index is -3.50. The predicted octanol–water partition coefficient (Wildman–Crippen LogP) is 4.41. The molecule has 2 aromatic carbocycles. The number of rotatable bonds is 4. The van der Waals surface area contributed by atoms with E-state index in [2.05, 4.69) is 15.9 Å². The Morgan fingerprint density at radius 3 is 2.39 bits per heavy atom. The summed E-state index contributed by atoms with van der Waals surface area (Å²) in [6.07, 6.45) is 0.0317. The second-order valence-electron chi connectivity index (χ2n) is 6.96. The van der Waals surface area contributed by atoms with Gasteiger partial charge in [-0.05, 0) is 42.7 Å². The average Bonchev–Trinajstić information content (AvgIpc) is 2.60. The summed E-state index contributed by atoms with van der Waals surface area (Å²) in [7, 11) is 0. The quantitative estimate of drug-likeness (QED) is 0.520. The number of nitrogen functional groups attached to an aromatic ring is 1. The molecule has 1 aliphatic rings. The lowest BCUT2D eigenvalue weighted by Gasteiger charge is -2.43. The lowest BCUT2D eigenvalue weighted by Crippen LogP contribution is -2.49. The van der Waals surface area contributed by atoms with Gasteiger partial charge < -0.3 is 10.8 Å². The molecule has 3 rings (SSSR count). The van der Waals surface area contributed by atoms with Crippen LogP contribution in [0.5, 0.6) is 0 Å². The molecule has 1 aliphatic heterocycles. The Balaban J connectivity index is 2.25. The molecule has 2 aromatic rings. The Morgan fingerprint density at radius 1 is 1.21 bits per heavy atom. The average molecular weight is 465 g/mol. The molecule has 1 heterocycles. The molecule has 0 fully saturated rings. The third-order valence-electron chi connectivity index (χ3n) is 4.96. The molecule has 3 N–H and O–H groups in total. The molecule has 3 nitrogen and oxygen atoms in total. The zero-order chi connectivity index (χ0) is 20.8. The van der Waals surface area contributed by atoms with Crippen molar-refractivity contribution >= 4 is 21.6 Å². The standard InChI is InChI=1S/C19H18BrF5N2O/c1-9-4-12-11(2-3-15(26)17(12)23)18(27(9)7-19(24,25)8-28)16-13(21)5-10(20)6-14(16)22/h2-3,5-6,9,18,28H,4,7-8,26H2,1H3/t9-,18+/m1/s1. The van der Waals surface area contributed by atoms with Crippen molar-refractivity contribution < 1.29 is 27.1 Å². The second-order valence-corrected chi connectivity index (χ2v) is 7.88. The molecule has 0 radical (unpaired) electrons. The van der Waals surface area contributed by atoms with E-state index in [0.717, 1.165) is 12.1 Å². The lowest BCUT2D eigenvalue weighted by molar-refractivity contribution is -0.0868. The highest BCUT2D eigenvalue weighted by atomic mass is 79.9. The van der Waals surface area contributed by atoms with Crippen LogP contribution in [0, 0.1) is 17.5 Å². The highest BCUT2D eigenvalue weighted by Crippen LogP contribution is 2.43. The molecular formula is C19H18BrF5N2O. The molecule has 28 heavy (non-hydrogen) atoms. The van der Waals surface area contributed by atoms with E-state index in [1.807, 2.05) is 0 Å². The molecule has 0 aromatic heterocycles. The van der Waals surface area contributed by atoms with Crippen LogP contribution in [0.25, 0.3) is 0 Å². The van der Waals surface area contributed by atoms with Crippen molar-refractivity contribution in [2.75, 3.05) is 18.9 Å². The van der Waals surface area contributed by atoms with Gasteiger partial charge in [0.05, 0.1) is 18.3 Å². The second kappa shape index (κ2) is 7.61. The lowest BCUT2D eigenvalue weighted by atomic mass is 9.83. The summed E-state index contributed by atoms with van der Waals surface area (Å²) in [6.45, 7) is -0.812. The Bertz CT molecular complexity index is 885. The van der Waals surface area contributed by atoms with Gasteiger partial charge in [0, 0.05) is 16.1 Å². The molecular weight excluding hydrogens is 447 g/mol. The molecule has 0 bridgehead atoms. The van der Waals surface area contributed by atoms with Gasteiger partial charge in [-0.25, -0.2) is 22.0 Å². The summed E-state index contributed by atoms with van der Waals surface area (Å²) in [6, 6.07) is 2.69. The maximum atomic E-state index is 14.7. The first-order valence-electron chi connectivity index (χ1n) is 8.51. The van der Waals surface area contributed by atoms with E-state index >= 15 is 0 Å². The van der Waals surface area contributed by atoms with Crippen molar-refractivity contribution in [1.29, 1.82) is 0 Å². The number of halogens is 6. The number of aliphatic hydroxyl groups is 1. The number of hydrogen-bond acceptors (Lipinski definition) is 3. The first-order chi connectivity index (χ1) is 13.1. The highest BCUT2D eigenvalue weighted by molar-refractivity contribution is 9.10. The molecule has 0 spiro atoms. The van der Waals surface area contributed by atoms with Crippen molar-refractivity contribution in [2.24, 2.45) is 0 Å². The Kier molecular flexibility index (Phi) is 5.71. The summed E-state index contributed by atoms with van der Waals surface area (Å²) in [5, 5.41) is 8.98. The minimum absolute atomic E-state index is 0.0317. The van der Waals surface area contributed by atoms with E-state index in [-0.39, 0.29) is 27.7 Å². The summed E-state index contributed by atoms with van der Waals surface area (Å²) >= 11 is 2.99. The van der Waals surface area contributed by atoms with E-state index < -0.39 is 54.2 Å². The fourth-order valence-corrected chi connectivity index (χ4v) is 4.07. The van der Waals surface area contributed by atoms with Crippen molar-refractivity contribution in [3.05, 3.63) is 62.9 Å². The summed E-state index contributed by atoms with van der Waals surface area (Å²) < 4.78 is 72.2. The number of fused-ring (bicyclic) bond motifs is 1. The molecule has 152 valence electrons. The largest absolute Gasteiger partial charge is 0.396 e. The predicted molar refractivity (Wildman–Crippen MR) is 98.6 cm³/mol. The van der Waals surface area contributed by atoms with E-state index in [0.29, 0.717) is 0 Å². The fraction of sp³-hybridized carbons (Fsp3) is 0.368. The van der Waals surface area contributed by atoms with E-state index in [4.69, 9.17) is 10.8 Å². The maximum Gasteiger partial charge on any atom is 0.283 e. The normalized spacial score (nSPS) is 20.3. The fourth-order valence-electron chi connectivity index (χ4n) is 3.66. The van der Waals surface area contributed by atoms with Crippen LogP contribution >= 0.6 is 15.9 Å². The maximum absolute atomic E-state index is 14.7. The SMILES string of the molecule is C[C@@H]1Cc2c(ccc(N)c2F)[C@@H](c2c(F)cc(Br)cc2F)N1CC(F)(F)CO. The number of anilines is 1. The zero-order valence-corrected chi connectivity index (χ0v) is 16.4. The first kappa shape index (κ1) is 21.0. The van der Waals surface area contributed by atoms with Gasteiger partial charge in [0.15, 0.2) is 0 Å². The number of alkyl halides is 2. The van der Waals surface area contributed by atoms with Crippen LogP contribution in [0.1, 0.15) is 29.7 Å². The van der Waals surface area contributed by atoms with Crippen molar-refractivity contribution in [2.45, 2.75) is 31.4 Å². The smallest absolute Gasteiger partial charge is 0.283 e. The number of aliphatic hydroxyl groups excluding tert-OH is 1. The highest BCUT2D eigenvalue weighted by Gasteiger charge is 2.43. The molecule has 0 aliphatic carbocycles. The molecule has 2 atom stereocenters. The Morgan fingerprint density at radius 2 is 1.82 bits per heavy atom. The third kappa shape index (κ3) is 3.75. The minimum Gasteiger partial charge on any atom is -0.396 e. The number of benzene rings is 2. The van der Waals surface area contributed by atoms with Crippen LogP contribution in [-0.4, -0.2) is 35.1 Å². The molecule has 0 saturated heterocycles. The van der Waals surface area contributed by atoms with Crippen LogP contribution in [-0.2, 0) is 6.42 Å².